The maximum absolute atomic E-state index is 11.0. The molecule has 84 valence electrons. The molecule has 1 atom stereocenters. The summed E-state index contributed by atoms with van der Waals surface area (Å²) in [6.45, 7) is 7.64. The lowest BCUT2D eigenvalue weighted by Crippen LogP contribution is -2.50. The van der Waals surface area contributed by atoms with Crippen molar-refractivity contribution in [1.82, 2.24) is 5.32 Å². The normalized spacial score (nSPS) is 15.3. The van der Waals surface area contributed by atoms with E-state index in [9.17, 15) is 4.79 Å². The fraction of sp³-hybridized carbons (Fsp3) is 0.900. The van der Waals surface area contributed by atoms with Crippen LogP contribution >= 0.6 is 0 Å². The molecule has 0 aromatic rings. The summed E-state index contributed by atoms with van der Waals surface area (Å²) >= 11 is 0. The first kappa shape index (κ1) is 13.4. The summed E-state index contributed by atoms with van der Waals surface area (Å²) in [7, 11) is 1.66. The van der Waals surface area contributed by atoms with Crippen molar-refractivity contribution in [1.29, 1.82) is 0 Å². The van der Waals surface area contributed by atoms with Gasteiger partial charge in [0.2, 0.25) is 0 Å². The first-order valence-electron chi connectivity index (χ1n) is 4.79. The van der Waals surface area contributed by atoms with Crippen LogP contribution in [0, 0.1) is 5.41 Å². The highest BCUT2D eigenvalue weighted by atomic mass is 16.4. The second-order valence-corrected chi connectivity index (χ2v) is 5.21. The van der Waals surface area contributed by atoms with Gasteiger partial charge < -0.3 is 16.2 Å². The molecule has 0 aliphatic rings. The molecule has 0 bridgehead atoms. The zero-order valence-corrected chi connectivity index (χ0v) is 9.72. The molecule has 0 aliphatic carbocycles. The van der Waals surface area contributed by atoms with Gasteiger partial charge in [-0.15, -0.1) is 0 Å². The van der Waals surface area contributed by atoms with Gasteiger partial charge in [-0.05, 0) is 32.7 Å². The van der Waals surface area contributed by atoms with Crippen LogP contribution in [-0.4, -0.2) is 29.7 Å². The number of carbonyl (C=O) groups is 1. The maximum atomic E-state index is 11.0. The van der Waals surface area contributed by atoms with Crippen LogP contribution in [0.15, 0.2) is 0 Å². The van der Waals surface area contributed by atoms with Gasteiger partial charge in [-0.1, -0.05) is 13.8 Å². The predicted octanol–water partition coefficient (Wildman–Crippen LogP) is 0.813. The zero-order chi connectivity index (χ0) is 11.6. The number of hydrogen-bond acceptors (Lipinski definition) is 3. The number of nitrogens with one attached hydrogen (secondary N) is 1. The number of aliphatic carboxylic acids is 1. The third kappa shape index (κ3) is 4.07. The van der Waals surface area contributed by atoms with Crippen molar-refractivity contribution in [2.45, 2.75) is 45.7 Å². The van der Waals surface area contributed by atoms with Crippen LogP contribution in [0.4, 0.5) is 0 Å². The first-order chi connectivity index (χ1) is 6.10. The molecule has 0 spiro atoms. The Morgan fingerprint density at radius 2 is 1.86 bits per heavy atom. The van der Waals surface area contributed by atoms with Crippen molar-refractivity contribution in [3.8, 4) is 0 Å². The second kappa shape index (κ2) is 4.28. The summed E-state index contributed by atoms with van der Waals surface area (Å²) in [5, 5.41) is 11.8. The molecule has 0 saturated carbocycles. The topological polar surface area (TPSA) is 75.3 Å². The van der Waals surface area contributed by atoms with E-state index in [1.807, 2.05) is 27.7 Å². The minimum Gasteiger partial charge on any atom is -0.480 e. The Hall–Kier alpha value is -0.610. The number of likely N-dealkylation sites (N-methyl/N-ethyl adjacent to an activating group) is 1. The molecule has 4 N–H and O–H groups in total. The van der Waals surface area contributed by atoms with E-state index in [4.69, 9.17) is 10.8 Å². The lowest BCUT2D eigenvalue weighted by Gasteiger charge is -2.36. The summed E-state index contributed by atoms with van der Waals surface area (Å²) in [5.74, 6) is -0.832. The Bertz CT molecular complexity index is 207. The number of carboxylic acids is 1. The molecular formula is C10H22N2O2. The molecule has 4 nitrogen and oxygen atoms in total. The van der Waals surface area contributed by atoms with Crippen molar-refractivity contribution < 1.29 is 9.90 Å². The molecule has 0 aliphatic heterocycles. The van der Waals surface area contributed by atoms with E-state index < -0.39 is 12.0 Å². The van der Waals surface area contributed by atoms with Crippen molar-refractivity contribution in [3.05, 3.63) is 0 Å². The fourth-order valence-corrected chi connectivity index (χ4v) is 2.12. The highest BCUT2D eigenvalue weighted by Gasteiger charge is 2.37. The quantitative estimate of drug-likeness (QED) is 0.617. The highest BCUT2D eigenvalue weighted by molar-refractivity contribution is 5.74. The van der Waals surface area contributed by atoms with Gasteiger partial charge in [-0.2, -0.15) is 0 Å². The van der Waals surface area contributed by atoms with E-state index in [1.54, 1.807) is 7.05 Å². The van der Waals surface area contributed by atoms with E-state index in [1.165, 1.54) is 0 Å². The third-order valence-electron chi connectivity index (χ3n) is 2.23. The Kier molecular flexibility index (Phi) is 4.09. The second-order valence-electron chi connectivity index (χ2n) is 5.21. The summed E-state index contributed by atoms with van der Waals surface area (Å²) in [5.41, 5.74) is 5.18. The smallest absolute Gasteiger partial charge is 0.321 e. The van der Waals surface area contributed by atoms with Crippen LogP contribution in [0.3, 0.4) is 0 Å². The van der Waals surface area contributed by atoms with Crippen molar-refractivity contribution in [2.75, 3.05) is 7.05 Å². The molecule has 0 aromatic heterocycles. The summed E-state index contributed by atoms with van der Waals surface area (Å²) in [6.07, 6.45) is 0.651. The van der Waals surface area contributed by atoms with Crippen molar-refractivity contribution in [3.63, 3.8) is 0 Å². The van der Waals surface area contributed by atoms with Crippen LogP contribution in [0.1, 0.15) is 34.1 Å². The summed E-state index contributed by atoms with van der Waals surface area (Å²) in [4.78, 5) is 11.0. The molecular weight excluding hydrogens is 180 g/mol. The average Bonchev–Trinajstić information content (AvgIpc) is 1.79. The average molecular weight is 202 g/mol. The number of rotatable bonds is 5. The lowest BCUT2D eigenvalue weighted by molar-refractivity contribution is -0.142. The Labute approximate surface area is 85.9 Å². The van der Waals surface area contributed by atoms with Gasteiger partial charge in [0.25, 0.3) is 0 Å². The fourth-order valence-electron chi connectivity index (χ4n) is 2.12. The zero-order valence-electron chi connectivity index (χ0n) is 9.72. The van der Waals surface area contributed by atoms with Crippen LogP contribution < -0.4 is 11.1 Å². The van der Waals surface area contributed by atoms with E-state index in [0.717, 1.165) is 0 Å². The monoisotopic (exact) mass is 202 g/mol. The molecule has 0 amide bonds. The Morgan fingerprint density at radius 3 is 2.07 bits per heavy atom. The van der Waals surface area contributed by atoms with E-state index >= 15 is 0 Å². The van der Waals surface area contributed by atoms with Crippen molar-refractivity contribution in [2.24, 2.45) is 11.1 Å². The molecule has 4 heteroatoms. The first-order valence-corrected chi connectivity index (χ1v) is 4.79. The van der Waals surface area contributed by atoms with Crippen molar-refractivity contribution >= 4 is 5.97 Å². The maximum Gasteiger partial charge on any atom is 0.321 e. The van der Waals surface area contributed by atoms with Gasteiger partial charge in [-0.25, -0.2) is 0 Å². The largest absolute Gasteiger partial charge is 0.480 e. The molecule has 0 aromatic carbocycles. The molecule has 0 radical (unpaired) electrons. The van der Waals surface area contributed by atoms with Gasteiger partial charge in [0.05, 0.1) is 0 Å². The molecule has 1 unspecified atom stereocenters. The molecule has 0 fully saturated rings. The number of nitrogens with two attached hydrogens (primary N) is 1. The van der Waals surface area contributed by atoms with Gasteiger partial charge in [-0.3, -0.25) is 4.79 Å². The molecule has 0 rings (SSSR count). The molecule has 14 heavy (non-hydrogen) atoms. The Morgan fingerprint density at radius 1 is 1.43 bits per heavy atom. The minimum atomic E-state index is -0.832. The number of hydrogen-bond donors (Lipinski definition) is 3. The van der Waals surface area contributed by atoms with E-state index in [0.29, 0.717) is 6.42 Å². The SMILES string of the molecule is CNC(C(=O)O)C(C)(C)CC(C)(C)N. The Balaban J connectivity index is 4.65. The minimum absolute atomic E-state index is 0.353. The molecule has 0 saturated heterocycles. The standard InChI is InChI=1S/C10H22N2O2/c1-9(2,6-10(3,4)11)7(12-5)8(13)14/h7,12H,6,11H2,1-5H3,(H,13,14). The van der Waals surface area contributed by atoms with Crippen LogP contribution in [0.2, 0.25) is 0 Å². The summed E-state index contributed by atoms with van der Waals surface area (Å²) in [6, 6.07) is -0.565. The summed E-state index contributed by atoms with van der Waals surface area (Å²) < 4.78 is 0. The highest BCUT2D eigenvalue weighted by Crippen LogP contribution is 2.30. The van der Waals surface area contributed by atoms with Crippen LogP contribution in [0.25, 0.3) is 0 Å². The van der Waals surface area contributed by atoms with Crippen LogP contribution in [0.5, 0.6) is 0 Å². The third-order valence-corrected chi connectivity index (χ3v) is 2.23. The van der Waals surface area contributed by atoms with Crippen LogP contribution in [-0.2, 0) is 4.79 Å². The number of carboxylic acid groups (broad SMARTS) is 1. The van der Waals surface area contributed by atoms with Gasteiger partial charge in [0.15, 0.2) is 0 Å². The van der Waals surface area contributed by atoms with E-state index in [2.05, 4.69) is 5.32 Å². The lowest BCUT2D eigenvalue weighted by atomic mass is 9.75. The molecule has 0 heterocycles. The van der Waals surface area contributed by atoms with Gasteiger partial charge in [0, 0.05) is 5.54 Å². The predicted molar refractivity (Wildman–Crippen MR) is 57.1 cm³/mol. The van der Waals surface area contributed by atoms with Gasteiger partial charge >= 0.3 is 5.97 Å². The van der Waals surface area contributed by atoms with E-state index in [-0.39, 0.29) is 11.0 Å². The van der Waals surface area contributed by atoms with Gasteiger partial charge in [0.1, 0.15) is 6.04 Å².